The van der Waals surface area contributed by atoms with Gasteiger partial charge in [-0.3, -0.25) is 4.98 Å². The van der Waals surface area contributed by atoms with Crippen LogP contribution in [-0.2, 0) is 6.54 Å². The Morgan fingerprint density at radius 2 is 2.15 bits per heavy atom. The van der Waals surface area contributed by atoms with Gasteiger partial charge in [-0.15, -0.1) is 0 Å². The minimum atomic E-state index is -0.439. The molecule has 0 saturated heterocycles. The maximum Gasteiger partial charge on any atom is 0.0922 e. The Kier molecular flexibility index (Phi) is 4.06. The van der Waals surface area contributed by atoms with Crippen LogP contribution in [0.25, 0.3) is 10.8 Å². The van der Waals surface area contributed by atoms with E-state index in [0.717, 1.165) is 17.5 Å². The van der Waals surface area contributed by atoms with Crippen molar-refractivity contribution in [1.29, 1.82) is 0 Å². The standard InChI is InChI=1S/C16H16N2OS/c19-16(15-4-6-20-11-15)10-18-8-12-1-2-14-9-17-5-3-13(14)7-12/h1-7,9,11,16,18-19H,8,10H2. The fraction of sp³-hybridized carbons (Fsp3) is 0.188. The molecule has 1 atom stereocenters. The molecule has 0 aliphatic carbocycles. The molecule has 1 aromatic carbocycles. The van der Waals surface area contributed by atoms with Gasteiger partial charge in [-0.2, -0.15) is 11.3 Å². The van der Waals surface area contributed by atoms with Crippen LogP contribution >= 0.6 is 11.3 Å². The summed E-state index contributed by atoms with van der Waals surface area (Å²) in [6, 6.07) is 10.3. The number of aliphatic hydroxyl groups is 1. The van der Waals surface area contributed by atoms with Crippen molar-refractivity contribution in [3.8, 4) is 0 Å². The van der Waals surface area contributed by atoms with Crippen molar-refractivity contribution < 1.29 is 5.11 Å². The van der Waals surface area contributed by atoms with Crippen LogP contribution in [-0.4, -0.2) is 16.6 Å². The van der Waals surface area contributed by atoms with Crippen LogP contribution in [0.3, 0.4) is 0 Å². The Labute approximate surface area is 121 Å². The summed E-state index contributed by atoms with van der Waals surface area (Å²) in [6.07, 6.45) is 3.23. The highest BCUT2D eigenvalue weighted by Crippen LogP contribution is 2.16. The molecule has 2 heterocycles. The molecule has 0 spiro atoms. The highest BCUT2D eigenvalue weighted by molar-refractivity contribution is 7.07. The van der Waals surface area contributed by atoms with Gasteiger partial charge < -0.3 is 10.4 Å². The van der Waals surface area contributed by atoms with E-state index in [2.05, 4.69) is 28.5 Å². The molecular formula is C16H16N2OS. The first-order chi connectivity index (χ1) is 9.83. The van der Waals surface area contributed by atoms with E-state index in [1.54, 1.807) is 17.5 Å². The predicted octanol–water partition coefficient (Wildman–Crippen LogP) is 3.12. The van der Waals surface area contributed by atoms with E-state index in [0.29, 0.717) is 6.54 Å². The number of nitrogens with zero attached hydrogens (tertiary/aromatic N) is 1. The number of rotatable bonds is 5. The second-order valence-corrected chi connectivity index (χ2v) is 5.54. The van der Waals surface area contributed by atoms with Crippen molar-refractivity contribution in [2.75, 3.05) is 6.54 Å². The van der Waals surface area contributed by atoms with Crippen LogP contribution in [0.15, 0.2) is 53.5 Å². The summed E-state index contributed by atoms with van der Waals surface area (Å²) < 4.78 is 0. The van der Waals surface area contributed by atoms with Crippen LogP contribution in [0, 0.1) is 0 Å². The Morgan fingerprint density at radius 3 is 3.00 bits per heavy atom. The van der Waals surface area contributed by atoms with Crippen LogP contribution in [0.5, 0.6) is 0 Å². The molecule has 0 bridgehead atoms. The molecule has 2 aromatic heterocycles. The molecule has 2 N–H and O–H groups in total. The second kappa shape index (κ2) is 6.13. The van der Waals surface area contributed by atoms with Crippen molar-refractivity contribution in [1.82, 2.24) is 10.3 Å². The van der Waals surface area contributed by atoms with Crippen LogP contribution in [0.4, 0.5) is 0 Å². The van der Waals surface area contributed by atoms with E-state index in [1.165, 1.54) is 10.9 Å². The first-order valence-corrected chi connectivity index (χ1v) is 7.51. The third kappa shape index (κ3) is 3.04. The van der Waals surface area contributed by atoms with Crippen molar-refractivity contribution >= 4 is 22.1 Å². The number of hydrogen-bond donors (Lipinski definition) is 2. The molecule has 102 valence electrons. The molecule has 4 heteroatoms. The average molecular weight is 284 g/mol. The Hall–Kier alpha value is -1.75. The highest BCUT2D eigenvalue weighted by Gasteiger charge is 2.06. The molecule has 0 amide bonds. The zero-order chi connectivity index (χ0) is 13.8. The summed E-state index contributed by atoms with van der Waals surface area (Å²) in [5.74, 6) is 0. The Bertz CT molecular complexity index is 682. The molecule has 20 heavy (non-hydrogen) atoms. The number of nitrogens with one attached hydrogen (secondary N) is 1. The van der Waals surface area contributed by atoms with Crippen molar-refractivity contribution in [3.05, 3.63) is 64.6 Å². The lowest BCUT2D eigenvalue weighted by atomic mass is 10.1. The van der Waals surface area contributed by atoms with Gasteiger partial charge in [-0.1, -0.05) is 12.1 Å². The lowest BCUT2D eigenvalue weighted by molar-refractivity contribution is 0.175. The third-order valence-electron chi connectivity index (χ3n) is 3.30. The zero-order valence-corrected chi connectivity index (χ0v) is 11.8. The molecule has 1 unspecified atom stereocenters. The highest BCUT2D eigenvalue weighted by atomic mass is 32.1. The summed E-state index contributed by atoms with van der Waals surface area (Å²) in [5, 5.41) is 19.6. The minimum absolute atomic E-state index is 0.439. The number of benzene rings is 1. The van der Waals surface area contributed by atoms with E-state index in [9.17, 15) is 5.11 Å². The zero-order valence-electron chi connectivity index (χ0n) is 11.0. The quantitative estimate of drug-likeness (QED) is 0.756. The Morgan fingerprint density at radius 1 is 1.20 bits per heavy atom. The van der Waals surface area contributed by atoms with E-state index in [-0.39, 0.29) is 0 Å². The van der Waals surface area contributed by atoms with Gasteiger partial charge in [-0.25, -0.2) is 0 Å². The lowest BCUT2D eigenvalue weighted by Gasteiger charge is -2.11. The summed E-state index contributed by atoms with van der Waals surface area (Å²) >= 11 is 1.61. The molecular weight excluding hydrogens is 268 g/mol. The topological polar surface area (TPSA) is 45.1 Å². The lowest BCUT2D eigenvalue weighted by Crippen LogP contribution is -2.20. The van der Waals surface area contributed by atoms with Crippen LogP contribution in [0.1, 0.15) is 17.2 Å². The fourth-order valence-corrected chi connectivity index (χ4v) is 2.89. The number of aliphatic hydroxyl groups excluding tert-OH is 1. The van der Waals surface area contributed by atoms with Gasteiger partial charge in [0.15, 0.2) is 0 Å². The number of fused-ring (bicyclic) bond motifs is 1. The maximum atomic E-state index is 10.00. The maximum absolute atomic E-state index is 10.00. The summed E-state index contributed by atoms with van der Waals surface area (Å²) in [6.45, 7) is 1.31. The van der Waals surface area contributed by atoms with Gasteiger partial charge in [0.1, 0.15) is 0 Å². The molecule has 0 aliphatic heterocycles. The third-order valence-corrected chi connectivity index (χ3v) is 4.00. The number of thiophene rings is 1. The predicted molar refractivity (Wildman–Crippen MR) is 82.7 cm³/mol. The Balaban J connectivity index is 1.59. The molecule has 0 radical (unpaired) electrons. The first kappa shape index (κ1) is 13.2. The minimum Gasteiger partial charge on any atom is -0.387 e. The van der Waals surface area contributed by atoms with E-state index in [1.807, 2.05) is 29.1 Å². The number of pyridine rings is 1. The fourth-order valence-electron chi connectivity index (χ4n) is 2.18. The molecule has 3 nitrogen and oxygen atoms in total. The smallest absolute Gasteiger partial charge is 0.0922 e. The van der Waals surface area contributed by atoms with E-state index in [4.69, 9.17) is 0 Å². The van der Waals surface area contributed by atoms with Crippen molar-refractivity contribution in [2.24, 2.45) is 0 Å². The largest absolute Gasteiger partial charge is 0.387 e. The first-order valence-electron chi connectivity index (χ1n) is 6.56. The molecule has 3 rings (SSSR count). The summed E-state index contributed by atoms with van der Waals surface area (Å²) in [4.78, 5) is 4.11. The molecule has 0 aliphatic rings. The van der Waals surface area contributed by atoms with Crippen molar-refractivity contribution in [3.63, 3.8) is 0 Å². The monoisotopic (exact) mass is 284 g/mol. The van der Waals surface area contributed by atoms with Gasteiger partial charge in [0.25, 0.3) is 0 Å². The van der Waals surface area contributed by atoms with E-state index >= 15 is 0 Å². The molecule has 0 saturated carbocycles. The average Bonchev–Trinajstić information content (AvgIpc) is 3.01. The molecule has 0 fully saturated rings. The summed E-state index contributed by atoms with van der Waals surface area (Å²) in [7, 11) is 0. The van der Waals surface area contributed by atoms with E-state index < -0.39 is 6.10 Å². The van der Waals surface area contributed by atoms with Gasteiger partial charge in [0.05, 0.1) is 6.10 Å². The second-order valence-electron chi connectivity index (χ2n) is 4.76. The van der Waals surface area contributed by atoms with Crippen LogP contribution < -0.4 is 5.32 Å². The van der Waals surface area contributed by atoms with Crippen molar-refractivity contribution in [2.45, 2.75) is 12.6 Å². The van der Waals surface area contributed by atoms with Gasteiger partial charge >= 0.3 is 0 Å². The van der Waals surface area contributed by atoms with Gasteiger partial charge in [0.2, 0.25) is 0 Å². The summed E-state index contributed by atoms with van der Waals surface area (Å²) in [5.41, 5.74) is 2.19. The van der Waals surface area contributed by atoms with Gasteiger partial charge in [-0.05, 0) is 45.5 Å². The van der Waals surface area contributed by atoms with Gasteiger partial charge in [0, 0.05) is 30.9 Å². The number of hydrogen-bond acceptors (Lipinski definition) is 4. The SMILES string of the molecule is OC(CNCc1ccc2cnccc2c1)c1ccsc1. The van der Waals surface area contributed by atoms with Crippen LogP contribution in [0.2, 0.25) is 0 Å². The molecule has 3 aromatic rings. The normalized spacial score (nSPS) is 12.7. The number of aromatic nitrogens is 1.